The lowest BCUT2D eigenvalue weighted by atomic mass is 10.2. The molecule has 0 aliphatic carbocycles. The quantitative estimate of drug-likeness (QED) is 0.509. The van der Waals surface area contributed by atoms with Gasteiger partial charge in [0.25, 0.3) is 0 Å². The van der Waals surface area contributed by atoms with Crippen molar-refractivity contribution in [1.29, 1.82) is 0 Å². The summed E-state index contributed by atoms with van der Waals surface area (Å²) in [6.45, 7) is 0.732. The molecule has 0 unspecified atom stereocenters. The van der Waals surface area contributed by atoms with Crippen LogP contribution in [0.4, 0.5) is 0 Å². The molecule has 0 aliphatic heterocycles. The monoisotopic (exact) mass is 359 g/mol. The second-order valence-corrected chi connectivity index (χ2v) is 6.17. The molecular weight excluding hydrogens is 346 g/mol. The van der Waals surface area contributed by atoms with Gasteiger partial charge >= 0.3 is 0 Å². The lowest BCUT2D eigenvalue weighted by molar-refractivity contribution is 0.305. The normalized spacial score (nSPS) is 10.6. The van der Waals surface area contributed by atoms with E-state index in [9.17, 15) is 0 Å². The largest absolute Gasteiger partial charge is 0.492 e. The van der Waals surface area contributed by atoms with Crippen LogP contribution < -0.4 is 4.74 Å². The molecule has 2 nitrogen and oxygen atoms in total. The predicted molar refractivity (Wildman–Crippen MR) is 84.2 cm³/mol. The maximum atomic E-state index is 5.73. The lowest BCUT2D eigenvalue weighted by Gasteiger charge is -2.07. The number of ether oxygens (including phenoxy) is 1. The van der Waals surface area contributed by atoms with E-state index in [2.05, 4.69) is 20.9 Å². The topological polar surface area (TPSA) is 22.1 Å². The second kappa shape index (κ2) is 7.88. The number of aromatic nitrogens is 1. The molecule has 0 saturated heterocycles. The molecular formula is C14H15BrClNOS. The van der Waals surface area contributed by atoms with Gasteiger partial charge in [-0.25, -0.2) is 4.98 Å². The molecule has 0 bridgehead atoms. The molecule has 0 fully saturated rings. The van der Waals surface area contributed by atoms with Gasteiger partial charge in [-0.3, -0.25) is 0 Å². The second-order valence-electron chi connectivity index (χ2n) is 4.10. The van der Waals surface area contributed by atoms with E-state index < -0.39 is 0 Å². The van der Waals surface area contributed by atoms with Gasteiger partial charge in [-0.15, -0.1) is 22.9 Å². The Kier molecular flexibility index (Phi) is 6.14. The number of alkyl halides is 1. The van der Waals surface area contributed by atoms with Crippen molar-refractivity contribution in [3.63, 3.8) is 0 Å². The third kappa shape index (κ3) is 4.79. The summed E-state index contributed by atoms with van der Waals surface area (Å²) < 4.78 is 6.72. The van der Waals surface area contributed by atoms with Crippen molar-refractivity contribution in [1.82, 2.24) is 4.98 Å². The first-order valence-electron chi connectivity index (χ1n) is 6.16. The summed E-state index contributed by atoms with van der Waals surface area (Å²) in [6, 6.07) is 7.91. The van der Waals surface area contributed by atoms with Crippen molar-refractivity contribution in [3.8, 4) is 5.75 Å². The summed E-state index contributed by atoms with van der Waals surface area (Å²) >= 11 is 10.9. The summed E-state index contributed by atoms with van der Waals surface area (Å²) in [5.41, 5.74) is 0.978. The molecule has 2 rings (SSSR count). The molecule has 0 spiro atoms. The number of thiazole rings is 1. The smallest absolute Gasteiger partial charge is 0.133 e. The standard InChI is InChI=1S/C14H15BrClNOS/c15-12-5-1-2-6-13(12)18-8-4-3-7-14-17-11(9-16)10-19-14/h1-2,5-6,10H,3-4,7-9H2. The molecule has 0 aliphatic rings. The summed E-state index contributed by atoms with van der Waals surface area (Å²) in [6.07, 6.45) is 3.11. The van der Waals surface area contributed by atoms with Crippen molar-refractivity contribution in [2.75, 3.05) is 6.61 Å². The zero-order chi connectivity index (χ0) is 13.5. The average Bonchev–Trinajstić information content (AvgIpc) is 2.88. The number of hydrogen-bond acceptors (Lipinski definition) is 3. The molecule has 0 N–H and O–H groups in total. The summed E-state index contributed by atoms with van der Waals surface area (Å²) in [5, 5.41) is 3.19. The number of para-hydroxylation sites is 1. The highest BCUT2D eigenvalue weighted by Crippen LogP contribution is 2.24. The Hall–Kier alpha value is -0.580. The Morgan fingerprint density at radius 3 is 2.84 bits per heavy atom. The van der Waals surface area contributed by atoms with Crippen molar-refractivity contribution >= 4 is 38.9 Å². The Morgan fingerprint density at radius 1 is 1.26 bits per heavy atom. The van der Waals surface area contributed by atoms with E-state index in [-0.39, 0.29) is 0 Å². The van der Waals surface area contributed by atoms with Gasteiger partial charge in [0.2, 0.25) is 0 Å². The molecule has 0 atom stereocenters. The first kappa shape index (κ1) is 14.8. The number of nitrogens with zero attached hydrogens (tertiary/aromatic N) is 1. The van der Waals surface area contributed by atoms with Gasteiger partial charge in [-0.05, 0) is 47.3 Å². The minimum atomic E-state index is 0.502. The zero-order valence-electron chi connectivity index (χ0n) is 10.4. The number of hydrogen-bond donors (Lipinski definition) is 0. The van der Waals surface area contributed by atoms with Crippen LogP contribution in [0.2, 0.25) is 0 Å². The third-order valence-corrected chi connectivity index (χ3v) is 4.50. The molecule has 1 aromatic heterocycles. The van der Waals surface area contributed by atoms with E-state index >= 15 is 0 Å². The molecule has 0 amide bonds. The van der Waals surface area contributed by atoms with Gasteiger partial charge in [-0.1, -0.05) is 12.1 Å². The van der Waals surface area contributed by atoms with Crippen LogP contribution in [-0.2, 0) is 12.3 Å². The SMILES string of the molecule is ClCc1csc(CCCCOc2ccccc2Br)n1. The fraction of sp³-hybridized carbons (Fsp3) is 0.357. The van der Waals surface area contributed by atoms with Crippen LogP contribution in [0.3, 0.4) is 0 Å². The average molecular weight is 361 g/mol. The molecule has 1 aromatic carbocycles. The lowest BCUT2D eigenvalue weighted by Crippen LogP contribution is -1.98. The predicted octanol–water partition coefficient (Wildman–Crippen LogP) is 5.05. The number of halogens is 2. The molecule has 102 valence electrons. The molecule has 19 heavy (non-hydrogen) atoms. The van der Waals surface area contributed by atoms with Crippen LogP contribution in [0.15, 0.2) is 34.1 Å². The van der Waals surface area contributed by atoms with E-state index in [4.69, 9.17) is 16.3 Å². The van der Waals surface area contributed by atoms with Crippen LogP contribution in [-0.4, -0.2) is 11.6 Å². The van der Waals surface area contributed by atoms with Crippen LogP contribution >= 0.6 is 38.9 Å². The van der Waals surface area contributed by atoms with Gasteiger partial charge in [0, 0.05) is 5.38 Å². The molecule has 5 heteroatoms. The van der Waals surface area contributed by atoms with Crippen molar-refractivity contribution in [3.05, 3.63) is 44.8 Å². The van der Waals surface area contributed by atoms with E-state index in [1.54, 1.807) is 11.3 Å². The maximum Gasteiger partial charge on any atom is 0.133 e. The Labute approximate surface area is 130 Å². The van der Waals surface area contributed by atoms with Crippen molar-refractivity contribution in [2.24, 2.45) is 0 Å². The fourth-order valence-corrected chi connectivity index (χ4v) is 3.12. The van der Waals surface area contributed by atoms with Crippen LogP contribution in [0.1, 0.15) is 23.5 Å². The van der Waals surface area contributed by atoms with E-state index in [1.165, 1.54) is 0 Å². The number of unbranched alkanes of at least 4 members (excludes halogenated alkanes) is 1. The van der Waals surface area contributed by atoms with Gasteiger partial charge in [0.15, 0.2) is 0 Å². The minimum absolute atomic E-state index is 0.502. The molecule has 2 aromatic rings. The van der Waals surface area contributed by atoms with Crippen molar-refractivity contribution in [2.45, 2.75) is 25.1 Å². The maximum absolute atomic E-state index is 5.73. The Morgan fingerprint density at radius 2 is 2.11 bits per heavy atom. The summed E-state index contributed by atoms with van der Waals surface area (Å²) in [5.74, 6) is 1.41. The van der Waals surface area contributed by atoms with Crippen LogP contribution in [0, 0.1) is 0 Å². The summed E-state index contributed by atoms with van der Waals surface area (Å²) in [4.78, 5) is 4.44. The van der Waals surface area contributed by atoms with Crippen molar-refractivity contribution < 1.29 is 4.74 Å². The minimum Gasteiger partial charge on any atom is -0.492 e. The first-order valence-corrected chi connectivity index (χ1v) is 8.37. The highest BCUT2D eigenvalue weighted by molar-refractivity contribution is 9.10. The zero-order valence-corrected chi connectivity index (χ0v) is 13.6. The Balaban J connectivity index is 1.66. The van der Waals surface area contributed by atoms with Gasteiger partial charge in [0.1, 0.15) is 5.75 Å². The van der Waals surface area contributed by atoms with Gasteiger partial charge < -0.3 is 4.74 Å². The summed E-state index contributed by atoms with van der Waals surface area (Å²) in [7, 11) is 0. The van der Waals surface area contributed by atoms with Crippen LogP contribution in [0.25, 0.3) is 0 Å². The number of rotatable bonds is 7. The van der Waals surface area contributed by atoms with Gasteiger partial charge in [-0.2, -0.15) is 0 Å². The van der Waals surface area contributed by atoms with Crippen LogP contribution in [0.5, 0.6) is 5.75 Å². The first-order chi connectivity index (χ1) is 9.29. The molecule has 0 saturated carbocycles. The molecule has 1 heterocycles. The third-order valence-electron chi connectivity index (χ3n) is 2.62. The van der Waals surface area contributed by atoms with E-state index in [1.807, 2.05) is 29.6 Å². The highest BCUT2D eigenvalue weighted by atomic mass is 79.9. The Bertz CT molecular complexity index is 518. The number of aryl methyl sites for hydroxylation is 1. The van der Waals surface area contributed by atoms with Gasteiger partial charge in [0.05, 0.1) is 27.7 Å². The molecule has 0 radical (unpaired) electrons. The number of benzene rings is 1. The highest BCUT2D eigenvalue weighted by Gasteiger charge is 2.02. The fourth-order valence-electron chi connectivity index (χ4n) is 1.65. The van der Waals surface area contributed by atoms with E-state index in [0.29, 0.717) is 5.88 Å². The van der Waals surface area contributed by atoms with E-state index in [0.717, 1.165) is 46.8 Å².